The van der Waals surface area contributed by atoms with Crippen LogP contribution in [0.2, 0.25) is 0 Å². The number of rotatable bonds is 2. The number of aromatic nitrogens is 1. The molecule has 0 atom stereocenters. The average molecular weight is 358 g/mol. The Morgan fingerprint density at radius 3 is 2.58 bits per heavy atom. The molecule has 0 N–H and O–H groups in total. The molecule has 0 unspecified atom stereocenters. The van der Waals surface area contributed by atoms with E-state index in [1.165, 1.54) is 0 Å². The molecule has 3 fully saturated rings. The molecule has 1 aromatic heterocycles. The normalized spacial score (nSPS) is 22.9. The highest BCUT2D eigenvalue weighted by Gasteiger charge is 2.43. The molecule has 7 nitrogen and oxygen atoms in total. The number of piperidine rings is 1. The van der Waals surface area contributed by atoms with E-state index in [1.807, 2.05) is 26.8 Å². The molecule has 4 rings (SSSR count). The van der Waals surface area contributed by atoms with E-state index >= 15 is 0 Å². The zero-order valence-electron chi connectivity index (χ0n) is 15.1. The lowest BCUT2D eigenvalue weighted by Gasteiger charge is -2.47. The predicted molar refractivity (Wildman–Crippen MR) is 95.3 cm³/mol. The summed E-state index contributed by atoms with van der Waals surface area (Å²) in [6.07, 6.45) is 7.31. The van der Waals surface area contributed by atoms with Crippen molar-refractivity contribution in [2.24, 2.45) is 0 Å². The van der Waals surface area contributed by atoms with Crippen molar-refractivity contribution >= 4 is 11.9 Å². The standard InChI is InChI=1S/C19H26N4O3/c24-17-14-26-19(15-23(17)13-16-4-3-7-20-12-16)5-10-22(11-6-19)18(25)21-8-1-2-9-21/h3-4,7,12H,1-2,5-6,8-11,13-15H2. The fraction of sp³-hybridized carbons (Fsp3) is 0.632. The summed E-state index contributed by atoms with van der Waals surface area (Å²) in [5.41, 5.74) is 0.706. The number of nitrogens with zero attached hydrogens (tertiary/aromatic N) is 4. The van der Waals surface area contributed by atoms with Gasteiger partial charge in [-0.25, -0.2) is 4.79 Å². The van der Waals surface area contributed by atoms with Gasteiger partial charge in [0.2, 0.25) is 5.91 Å². The molecular weight excluding hydrogens is 332 g/mol. The topological polar surface area (TPSA) is 66.0 Å². The number of ether oxygens (including phenoxy) is 1. The number of hydrogen-bond donors (Lipinski definition) is 0. The lowest BCUT2D eigenvalue weighted by molar-refractivity contribution is -0.171. The van der Waals surface area contributed by atoms with Crippen LogP contribution in [0.4, 0.5) is 4.79 Å². The SMILES string of the molecule is O=C1COC2(CCN(C(=O)N3CCCC3)CC2)CN1Cc1cccnc1. The molecule has 3 aliphatic rings. The molecule has 0 aliphatic carbocycles. The highest BCUT2D eigenvalue weighted by molar-refractivity contribution is 5.78. The van der Waals surface area contributed by atoms with Crippen molar-refractivity contribution in [2.75, 3.05) is 39.3 Å². The average Bonchev–Trinajstić information content (AvgIpc) is 3.21. The fourth-order valence-electron chi connectivity index (χ4n) is 4.16. The fourth-order valence-corrected chi connectivity index (χ4v) is 4.16. The summed E-state index contributed by atoms with van der Waals surface area (Å²) in [5.74, 6) is 0.0232. The van der Waals surface area contributed by atoms with Crippen molar-refractivity contribution in [1.82, 2.24) is 19.7 Å². The Kier molecular flexibility index (Phi) is 4.80. The second kappa shape index (κ2) is 7.23. The maximum atomic E-state index is 12.6. The lowest BCUT2D eigenvalue weighted by atomic mass is 9.89. The first-order valence-electron chi connectivity index (χ1n) is 9.50. The number of likely N-dealkylation sites (tertiary alicyclic amines) is 2. The molecule has 0 aromatic carbocycles. The summed E-state index contributed by atoms with van der Waals surface area (Å²) in [4.78, 5) is 34.8. The number of hydrogen-bond acceptors (Lipinski definition) is 4. The van der Waals surface area contributed by atoms with Gasteiger partial charge in [0.25, 0.3) is 0 Å². The van der Waals surface area contributed by atoms with Gasteiger partial charge in [-0.15, -0.1) is 0 Å². The highest BCUT2D eigenvalue weighted by Crippen LogP contribution is 2.31. The van der Waals surface area contributed by atoms with Crippen LogP contribution in [0, 0.1) is 0 Å². The van der Waals surface area contributed by atoms with Crippen molar-refractivity contribution < 1.29 is 14.3 Å². The van der Waals surface area contributed by atoms with E-state index in [-0.39, 0.29) is 24.1 Å². The molecule has 1 aromatic rings. The Bertz CT molecular complexity index is 652. The van der Waals surface area contributed by atoms with Crippen molar-refractivity contribution in [1.29, 1.82) is 0 Å². The predicted octanol–water partition coefficient (Wildman–Crippen LogP) is 1.49. The Morgan fingerprint density at radius 1 is 1.15 bits per heavy atom. The molecule has 7 heteroatoms. The van der Waals surface area contributed by atoms with Gasteiger partial charge in [0.05, 0.1) is 12.1 Å². The molecule has 3 saturated heterocycles. The van der Waals surface area contributed by atoms with Crippen LogP contribution in [-0.2, 0) is 16.1 Å². The lowest BCUT2D eigenvalue weighted by Crippen LogP contribution is -2.59. The number of morpholine rings is 1. The van der Waals surface area contributed by atoms with Crippen LogP contribution in [0.1, 0.15) is 31.2 Å². The first-order chi connectivity index (χ1) is 12.7. The maximum Gasteiger partial charge on any atom is 0.320 e. The number of amides is 3. The molecule has 3 amide bonds. The summed E-state index contributed by atoms with van der Waals surface area (Å²) >= 11 is 0. The van der Waals surface area contributed by atoms with Gasteiger partial charge >= 0.3 is 6.03 Å². The first-order valence-corrected chi connectivity index (χ1v) is 9.50. The first kappa shape index (κ1) is 17.3. The van der Waals surface area contributed by atoms with Crippen molar-refractivity contribution in [3.63, 3.8) is 0 Å². The molecule has 0 saturated carbocycles. The second-order valence-electron chi connectivity index (χ2n) is 7.55. The summed E-state index contributed by atoms with van der Waals surface area (Å²) in [6.45, 7) is 4.43. The number of carbonyl (C=O) groups is 2. The molecule has 26 heavy (non-hydrogen) atoms. The van der Waals surface area contributed by atoms with E-state index in [1.54, 1.807) is 12.4 Å². The monoisotopic (exact) mass is 358 g/mol. The van der Waals surface area contributed by atoms with Gasteiger partial charge in [-0.2, -0.15) is 0 Å². The molecule has 140 valence electrons. The molecule has 1 spiro atoms. The zero-order valence-corrected chi connectivity index (χ0v) is 15.1. The zero-order chi connectivity index (χ0) is 18.0. The quantitative estimate of drug-likeness (QED) is 0.803. The molecule has 0 bridgehead atoms. The molecule has 4 heterocycles. The van der Waals surface area contributed by atoms with E-state index < -0.39 is 0 Å². The third-order valence-electron chi connectivity index (χ3n) is 5.75. The van der Waals surface area contributed by atoms with Crippen LogP contribution in [0.3, 0.4) is 0 Å². The minimum absolute atomic E-state index is 0.0232. The van der Waals surface area contributed by atoms with Crippen molar-refractivity contribution in [3.8, 4) is 0 Å². The van der Waals surface area contributed by atoms with Crippen LogP contribution < -0.4 is 0 Å². The molecule has 3 aliphatic heterocycles. The van der Waals surface area contributed by atoms with Crippen LogP contribution in [0.5, 0.6) is 0 Å². The third-order valence-corrected chi connectivity index (χ3v) is 5.75. The largest absolute Gasteiger partial charge is 0.363 e. The van der Waals surface area contributed by atoms with E-state index in [9.17, 15) is 9.59 Å². The number of urea groups is 1. The molecule has 0 radical (unpaired) electrons. The number of pyridine rings is 1. The van der Waals surface area contributed by atoms with Gasteiger partial charge < -0.3 is 19.4 Å². The summed E-state index contributed by atoms with van der Waals surface area (Å²) < 4.78 is 5.98. The maximum absolute atomic E-state index is 12.6. The van der Waals surface area contributed by atoms with Crippen LogP contribution >= 0.6 is 0 Å². The summed E-state index contributed by atoms with van der Waals surface area (Å²) in [6, 6.07) is 4.04. The van der Waals surface area contributed by atoms with Gasteiger partial charge in [-0.1, -0.05) is 6.07 Å². The summed E-state index contributed by atoms with van der Waals surface area (Å²) in [5, 5.41) is 0. The highest BCUT2D eigenvalue weighted by atomic mass is 16.5. The van der Waals surface area contributed by atoms with E-state index in [0.717, 1.165) is 44.3 Å². The van der Waals surface area contributed by atoms with Crippen LogP contribution in [0.15, 0.2) is 24.5 Å². The van der Waals surface area contributed by atoms with Crippen LogP contribution in [-0.4, -0.2) is 76.6 Å². The third kappa shape index (κ3) is 3.53. The minimum atomic E-state index is -0.322. The molecular formula is C19H26N4O3. The minimum Gasteiger partial charge on any atom is -0.363 e. The Balaban J connectivity index is 1.37. The van der Waals surface area contributed by atoms with E-state index in [4.69, 9.17) is 4.74 Å². The van der Waals surface area contributed by atoms with Crippen molar-refractivity contribution in [3.05, 3.63) is 30.1 Å². The van der Waals surface area contributed by atoms with Crippen molar-refractivity contribution in [2.45, 2.75) is 37.8 Å². The second-order valence-corrected chi connectivity index (χ2v) is 7.55. The number of carbonyl (C=O) groups excluding carboxylic acids is 2. The Labute approximate surface area is 153 Å². The van der Waals surface area contributed by atoms with Gasteiger partial charge in [0, 0.05) is 45.1 Å². The Hall–Kier alpha value is -2.15. The van der Waals surface area contributed by atoms with Gasteiger partial charge in [0.15, 0.2) is 0 Å². The summed E-state index contributed by atoms with van der Waals surface area (Å²) in [7, 11) is 0. The van der Waals surface area contributed by atoms with Gasteiger partial charge in [-0.3, -0.25) is 9.78 Å². The Morgan fingerprint density at radius 2 is 1.88 bits per heavy atom. The van der Waals surface area contributed by atoms with Crippen LogP contribution in [0.25, 0.3) is 0 Å². The van der Waals surface area contributed by atoms with Gasteiger partial charge in [-0.05, 0) is 37.3 Å². The van der Waals surface area contributed by atoms with E-state index in [2.05, 4.69) is 4.98 Å². The smallest absolute Gasteiger partial charge is 0.320 e. The van der Waals surface area contributed by atoms with Gasteiger partial charge in [0.1, 0.15) is 6.61 Å². The van der Waals surface area contributed by atoms with E-state index in [0.29, 0.717) is 26.2 Å².